The van der Waals surface area contributed by atoms with Crippen molar-refractivity contribution in [3.8, 4) is 0 Å². The van der Waals surface area contributed by atoms with Crippen LogP contribution in [0.5, 0.6) is 0 Å². The molecule has 0 aliphatic heterocycles. The van der Waals surface area contributed by atoms with Gasteiger partial charge in [-0.05, 0) is 42.8 Å². The number of nitrogens with one attached hydrogen (secondary N) is 2. The SMILES string of the molecule is CN(C)c1ccc(NC(=O)CCCNc2ncnc3ccccc23)cc1. The zero-order chi connectivity index (χ0) is 18.4. The molecular weight excluding hydrogens is 326 g/mol. The van der Waals surface area contributed by atoms with Crippen LogP contribution in [0, 0.1) is 0 Å². The second-order valence-corrected chi connectivity index (χ2v) is 6.26. The van der Waals surface area contributed by atoms with Crippen LogP contribution in [0.2, 0.25) is 0 Å². The number of fused-ring (bicyclic) bond motifs is 1. The molecule has 0 unspecified atom stereocenters. The Morgan fingerprint density at radius 3 is 2.58 bits per heavy atom. The lowest BCUT2D eigenvalue weighted by atomic mass is 10.2. The average molecular weight is 349 g/mol. The Kier molecular flexibility index (Phi) is 5.63. The minimum atomic E-state index is 0.0111. The van der Waals surface area contributed by atoms with Gasteiger partial charge in [-0.25, -0.2) is 9.97 Å². The summed E-state index contributed by atoms with van der Waals surface area (Å²) in [4.78, 5) is 22.6. The normalized spacial score (nSPS) is 10.5. The van der Waals surface area contributed by atoms with Gasteiger partial charge in [0.1, 0.15) is 12.1 Å². The topological polar surface area (TPSA) is 70.2 Å². The summed E-state index contributed by atoms with van der Waals surface area (Å²) in [5, 5.41) is 7.20. The molecule has 3 aromatic rings. The first kappa shape index (κ1) is 17.7. The van der Waals surface area contributed by atoms with Crippen molar-refractivity contribution in [3.63, 3.8) is 0 Å². The number of para-hydroxylation sites is 1. The number of aromatic nitrogens is 2. The van der Waals surface area contributed by atoms with E-state index in [1.54, 1.807) is 6.33 Å². The Bertz CT molecular complexity index is 872. The molecule has 6 heteroatoms. The summed E-state index contributed by atoms with van der Waals surface area (Å²) in [5.41, 5.74) is 2.82. The van der Waals surface area contributed by atoms with Crippen molar-refractivity contribution in [1.29, 1.82) is 0 Å². The van der Waals surface area contributed by atoms with E-state index in [1.165, 1.54) is 0 Å². The Morgan fingerprint density at radius 2 is 1.81 bits per heavy atom. The number of anilines is 3. The van der Waals surface area contributed by atoms with Crippen molar-refractivity contribution in [1.82, 2.24) is 9.97 Å². The van der Waals surface area contributed by atoms with Crippen LogP contribution < -0.4 is 15.5 Å². The van der Waals surface area contributed by atoms with Crippen molar-refractivity contribution in [3.05, 3.63) is 54.9 Å². The maximum absolute atomic E-state index is 12.1. The number of rotatable bonds is 7. The first-order valence-electron chi connectivity index (χ1n) is 8.64. The van der Waals surface area contributed by atoms with Gasteiger partial charge in [-0.1, -0.05) is 12.1 Å². The van der Waals surface area contributed by atoms with Gasteiger partial charge in [-0.2, -0.15) is 0 Å². The molecule has 0 atom stereocenters. The summed E-state index contributed by atoms with van der Waals surface area (Å²) < 4.78 is 0. The van der Waals surface area contributed by atoms with Crippen LogP contribution in [0.4, 0.5) is 17.2 Å². The number of nitrogens with zero attached hydrogens (tertiary/aromatic N) is 3. The highest BCUT2D eigenvalue weighted by atomic mass is 16.1. The Balaban J connectivity index is 1.46. The monoisotopic (exact) mass is 349 g/mol. The molecule has 134 valence electrons. The van der Waals surface area contributed by atoms with Crippen LogP contribution in [0.1, 0.15) is 12.8 Å². The fourth-order valence-corrected chi connectivity index (χ4v) is 2.67. The largest absolute Gasteiger partial charge is 0.378 e. The third kappa shape index (κ3) is 4.47. The van der Waals surface area contributed by atoms with Crippen molar-refractivity contribution >= 4 is 34.0 Å². The fourth-order valence-electron chi connectivity index (χ4n) is 2.67. The third-order valence-electron chi connectivity index (χ3n) is 4.08. The van der Waals surface area contributed by atoms with E-state index in [-0.39, 0.29) is 5.91 Å². The van der Waals surface area contributed by atoms with Gasteiger partial charge in [0.15, 0.2) is 0 Å². The molecule has 0 bridgehead atoms. The molecule has 0 aliphatic carbocycles. The lowest BCUT2D eigenvalue weighted by Gasteiger charge is -2.13. The van der Waals surface area contributed by atoms with Gasteiger partial charge < -0.3 is 15.5 Å². The summed E-state index contributed by atoms with van der Waals surface area (Å²) in [6.45, 7) is 0.675. The van der Waals surface area contributed by atoms with Gasteiger partial charge in [0.05, 0.1) is 5.52 Å². The van der Waals surface area contributed by atoms with E-state index >= 15 is 0 Å². The molecular formula is C20H23N5O. The molecule has 0 radical (unpaired) electrons. The molecule has 1 heterocycles. The molecule has 0 fully saturated rings. The van der Waals surface area contributed by atoms with Crippen LogP contribution in [0.25, 0.3) is 10.9 Å². The van der Waals surface area contributed by atoms with E-state index in [9.17, 15) is 4.79 Å². The first-order chi connectivity index (χ1) is 12.6. The van der Waals surface area contributed by atoms with Crippen LogP contribution >= 0.6 is 0 Å². The van der Waals surface area contributed by atoms with Crippen LogP contribution in [-0.2, 0) is 4.79 Å². The molecule has 0 saturated carbocycles. The Hall–Kier alpha value is -3.15. The number of amides is 1. The Morgan fingerprint density at radius 1 is 1.04 bits per heavy atom. The molecule has 6 nitrogen and oxygen atoms in total. The van der Waals surface area contributed by atoms with Crippen LogP contribution in [0.15, 0.2) is 54.9 Å². The first-order valence-corrected chi connectivity index (χ1v) is 8.64. The summed E-state index contributed by atoms with van der Waals surface area (Å²) in [6.07, 6.45) is 2.72. The van der Waals surface area contributed by atoms with E-state index in [1.807, 2.05) is 67.5 Å². The predicted octanol–water partition coefficient (Wildman–Crippen LogP) is 3.53. The van der Waals surface area contributed by atoms with E-state index in [0.717, 1.165) is 34.5 Å². The van der Waals surface area contributed by atoms with Crippen molar-refractivity contribution < 1.29 is 4.79 Å². The summed E-state index contributed by atoms with van der Waals surface area (Å²) in [5.74, 6) is 0.812. The molecule has 0 aliphatic rings. The predicted molar refractivity (Wildman–Crippen MR) is 107 cm³/mol. The minimum absolute atomic E-state index is 0.0111. The van der Waals surface area contributed by atoms with E-state index in [0.29, 0.717) is 13.0 Å². The molecule has 26 heavy (non-hydrogen) atoms. The molecule has 1 amide bonds. The Labute approximate surface area is 153 Å². The maximum Gasteiger partial charge on any atom is 0.224 e. The van der Waals surface area contributed by atoms with Gasteiger partial charge in [-0.15, -0.1) is 0 Å². The van der Waals surface area contributed by atoms with Crippen LogP contribution in [-0.4, -0.2) is 36.5 Å². The van der Waals surface area contributed by atoms with Gasteiger partial charge in [0, 0.05) is 43.8 Å². The number of hydrogen-bond acceptors (Lipinski definition) is 5. The summed E-state index contributed by atoms with van der Waals surface area (Å²) in [7, 11) is 3.98. The molecule has 0 spiro atoms. The fraction of sp³-hybridized carbons (Fsp3) is 0.250. The third-order valence-corrected chi connectivity index (χ3v) is 4.08. The molecule has 3 rings (SSSR count). The van der Waals surface area contributed by atoms with E-state index < -0.39 is 0 Å². The average Bonchev–Trinajstić information content (AvgIpc) is 2.66. The minimum Gasteiger partial charge on any atom is -0.378 e. The molecule has 2 N–H and O–H groups in total. The summed E-state index contributed by atoms with van der Waals surface area (Å²) >= 11 is 0. The number of benzene rings is 2. The lowest BCUT2D eigenvalue weighted by Crippen LogP contribution is -2.14. The van der Waals surface area contributed by atoms with E-state index in [4.69, 9.17) is 0 Å². The number of carbonyl (C=O) groups is 1. The second-order valence-electron chi connectivity index (χ2n) is 6.26. The van der Waals surface area contributed by atoms with Crippen molar-refractivity contribution in [2.24, 2.45) is 0 Å². The highest BCUT2D eigenvalue weighted by molar-refractivity contribution is 5.91. The smallest absolute Gasteiger partial charge is 0.224 e. The molecule has 0 saturated heterocycles. The molecule has 1 aromatic heterocycles. The van der Waals surface area contributed by atoms with Gasteiger partial charge in [0.25, 0.3) is 0 Å². The van der Waals surface area contributed by atoms with Crippen LogP contribution in [0.3, 0.4) is 0 Å². The quantitative estimate of drug-likeness (QED) is 0.639. The molecule has 2 aromatic carbocycles. The summed E-state index contributed by atoms with van der Waals surface area (Å²) in [6, 6.07) is 15.7. The number of hydrogen-bond donors (Lipinski definition) is 2. The van der Waals surface area contributed by atoms with Gasteiger partial charge >= 0.3 is 0 Å². The number of carbonyl (C=O) groups excluding carboxylic acids is 1. The highest BCUT2D eigenvalue weighted by Crippen LogP contribution is 2.18. The van der Waals surface area contributed by atoms with Crippen molar-refractivity contribution in [2.45, 2.75) is 12.8 Å². The second kappa shape index (κ2) is 8.29. The standard InChI is InChI=1S/C20H23N5O/c1-25(2)16-11-9-15(10-12-16)24-19(26)8-5-13-21-20-17-6-3-4-7-18(17)22-14-23-20/h3-4,6-7,9-12,14H,5,8,13H2,1-2H3,(H,24,26)(H,21,22,23). The highest BCUT2D eigenvalue weighted by Gasteiger charge is 2.05. The van der Waals surface area contributed by atoms with E-state index in [2.05, 4.69) is 20.6 Å². The van der Waals surface area contributed by atoms with Crippen molar-refractivity contribution in [2.75, 3.05) is 36.2 Å². The zero-order valence-corrected chi connectivity index (χ0v) is 15.1. The van der Waals surface area contributed by atoms with Gasteiger partial charge in [-0.3, -0.25) is 4.79 Å². The zero-order valence-electron chi connectivity index (χ0n) is 15.1. The maximum atomic E-state index is 12.1. The lowest BCUT2D eigenvalue weighted by molar-refractivity contribution is -0.116. The van der Waals surface area contributed by atoms with Gasteiger partial charge in [0.2, 0.25) is 5.91 Å².